The third-order valence-corrected chi connectivity index (χ3v) is 2.45. The number of thiazole rings is 1. The van der Waals surface area contributed by atoms with Gasteiger partial charge in [0.15, 0.2) is 0 Å². The van der Waals surface area contributed by atoms with Crippen molar-refractivity contribution in [1.29, 1.82) is 0 Å². The number of benzene rings is 1. The predicted octanol–water partition coefficient (Wildman–Crippen LogP) is 1.66. The molecule has 0 bridgehead atoms. The van der Waals surface area contributed by atoms with Gasteiger partial charge in [-0.3, -0.25) is 0 Å². The zero-order valence-electron chi connectivity index (χ0n) is 6.07. The molecule has 0 atom stereocenters. The Kier molecular flexibility index (Phi) is 4.15. The van der Waals surface area contributed by atoms with Crippen molar-refractivity contribution in [3.63, 3.8) is 0 Å². The van der Waals surface area contributed by atoms with Gasteiger partial charge in [0.25, 0.3) is 5.19 Å². The van der Waals surface area contributed by atoms with Crippen molar-refractivity contribution in [2.24, 2.45) is 0 Å². The van der Waals surface area contributed by atoms with Gasteiger partial charge in [0.2, 0.25) is 0 Å². The molecule has 0 amide bonds. The third-order valence-electron chi connectivity index (χ3n) is 1.45. The van der Waals surface area contributed by atoms with Gasteiger partial charge in [-0.1, -0.05) is 23.5 Å². The molecular formula is C8H8KNOS. The van der Waals surface area contributed by atoms with Crippen LogP contribution in [-0.4, -0.2) is 63.5 Å². The first-order valence-corrected chi connectivity index (χ1v) is 4.11. The minimum absolute atomic E-state index is 0. The van der Waals surface area contributed by atoms with Crippen LogP contribution < -0.4 is 4.74 Å². The minimum atomic E-state index is 0. The third kappa shape index (κ3) is 2.07. The van der Waals surface area contributed by atoms with E-state index in [0.717, 1.165) is 10.7 Å². The fourth-order valence-corrected chi connectivity index (χ4v) is 1.72. The summed E-state index contributed by atoms with van der Waals surface area (Å²) in [5, 5.41) is 0.728. The topological polar surface area (TPSA) is 22.1 Å². The van der Waals surface area contributed by atoms with E-state index in [2.05, 4.69) is 4.98 Å². The Morgan fingerprint density at radius 1 is 1.33 bits per heavy atom. The number of rotatable bonds is 1. The summed E-state index contributed by atoms with van der Waals surface area (Å²) in [6.45, 7) is 0. The zero-order chi connectivity index (χ0) is 7.68. The predicted molar refractivity (Wildman–Crippen MR) is 53.3 cm³/mol. The van der Waals surface area contributed by atoms with Gasteiger partial charge in [0.05, 0.1) is 17.3 Å². The van der Waals surface area contributed by atoms with Gasteiger partial charge >= 0.3 is 51.4 Å². The molecule has 0 saturated heterocycles. The van der Waals surface area contributed by atoms with Crippen molar-refractivity contribution in [2.45, 2.75) is 0 Å². The first-order chi connectivity index (χ1) is 5.40. The average molecular weight is 205 g/mol. The van der Waals surface area contributed by atoms with Crippen LogP contribution in [0.1, 0.15) is 0 Å². The molecule has 4 heteroatoms. The Morgan fingerprint density at radius 2 is 2.08 bits per heavy atom. The Bertz CT molecular complexity index is 341. The number of nitrogens with zero attached hydrogens (tertiary/aromatic N) is 1. The number of ether oxygens (including phenoxy) is 1. The van der Waals surface area contributed by atoms with Crippen molar-refractivity contribution in [1.82, 2.24) is 4.98 Å². The first-order valence-electron chi connectivity index (χ1n) is 3.30. The van der Waals surface area contributed by atoms with E-state index in [1.54, 1.807) is 18.4 Å². The normalized spacial score (nSPS) is 9.42. The van der Waals surface area contributed by atoms with E-state index in [0.29, 0.717) is 0 Å². The standard InChI is InChI=1S/C8H7NOS.K.H/c1-10-8-9-6-4-2-3-5-7(6)11-8;;/h2-5H,1H3;;. The van der Waals surface area contributed by atoms with Gasteiger partial charge in [-0.15, -0.1) is 0 Å². The number of methoxy groups -OCH3 is 1. The van der Waals surface area contributed by atoms with Crippen molar-refractivity contribution in [3.8, 4) is 5.19 Å². The molecule has 0 spiro atoms. The summed E-state index contributed by atoms with van der Waals surface area (Å²) in [7, 11) is 1.64. The molecule has 2 rings (SSSR count). The van der Waals surface area contributed by atoms with Crippen LogP contribution in [-0.2, 0) is 0 Å². The monoisotopic (exact) mass is 205 g/mol. The van der Waals surface area contributed by atoms with Crippen LogP contribution in [0, 0.1) is 0 Å². The van der Waals surface area contributed by atoms with Crippen molar-refractivity contribution < 1.29 is 4.74 Å². The van der Waals surface area contributed by atoms with Crippen molar-refractivity contribution in [3.05, 3.63) is 24.3 Å². The number of para-hydroxylation sites is 1. The maximum atomic E-state index is 5.01. The molecular weight excluding hydrogens is 197 g/mol. The Hall–Kier alpha value is 0.546. The van der Waals surface area contributed by atoms with Gasteiger partial charge < -0.3 is 4.74 Å². The van der Waals surface area contributed by atoms with Crippen LogP contribution in [0.2, 0.25) is 0 Å². The summed E-state index contributed by atoms with van der Waals surface area (Å²) < 4.78 is 6.18. The average Bonchev–Trinajstić information content (AvgIpc) is 2.46. The molecule has 0 unspecified atom stereocenters. The fourth-order valence-electron chi connectivity index (χ4n) is 0.938. The van der Waals surface area contributed by atoms with Gasteiger partial charge in [-0.25, -0.2) is 4.98 Å². The van der Waals surface area contributed by atoms with E-state index in [1.165, 1.54) is 4.70 Å². The van der Waals surface area contributed by atoms with Crippen LogP contribution >= 0.6 is 11.3 Å². The number of aromatic nitrogens is 1. The summed E-state index contributed by atoms with van der Waals surface area (Å²) in [5.41, 5.74) is 1.01. The van der Waals surface area contributed by atoms with Gasteiger partial charge in [0.1, 0.15) is 0 Å². The Labute approximate surface area is 117 Å². The molecule has 0 N–H and O–H groups in total. The van der Waals surface area contributed by atoms with E-state index in [1.807, 2.05) is 24.3 Å². The molecule has 0 fully saturated rings. The quantitative estimate of drug-likeness (QED) is 0.661. The molecule has 1 aromatic carbocycles. The van der Waals surface area contributed by atoms with E-state index in [-0.39, 0.29) is 51.4 Å². The van der Waals surface area contributed by atoms with Gasteiger partial charge in [-0.2, -0.15) is 0 Å². The molecule has 1 heterocycles. The van der Waals surface area contributed by atoms with Gasteiger partial charge in [-0.05, 0) is 12.1 Å². The van der Waals surface area contributed by atoms with Crippen LogP contribution in [0.5, 0.6) is 5.19 Å². The maximum absolute atomic E-state index is 5.01. The SMILES string of the molecule is COc1nc2ccccc2s1.[KH]. The van der Waals surface area contributed by atoms with Crippen LogP contribution in [0.15, 0.2) is 24.3 Å². The molecule has 58 valence electrons. The van der Waals surface area contributed by atoms with E-state index < -0.39 is 0 Å². The molecule has 2 aromatic rings. The second kappa shape index (κ2) is 4.69. The Balaban J connectivity index is 0.000000720. The molecule has 0 aliphatic heterocycles. The van der Waals surface area contributed by atoms with E-state index >= 15 is 0 Å². The van der Waals surface area contributed by atoms with Crippen LogP contribution in [0.3, 0.4) is 0 Å². The number of hydrogen-bond acceptors (Lipinski definition) is 3. The molecule has 1 aromatic heterocycles. The van der Waals surface area contributed by atoms with Crippen LogP contribution in [0.25, 0.3) is 10.2 Å². The van der Waals surface area contributed by atoms with Crippen LogP contribution in [0.4, 0.5) is 0 Å². The molecule has 0 saturated carbocycles. The number of hydrogen-bond donors (Lipinski definition) is 0. The number of fused-ring (bicyclic) bond motifs is 1. The zero-order valence-corrected chi connectivity index (χ0v) is 6.89. The second-order valence-electron chi connectivity index (χ2n) is 2.15. The van der Waals surface area contributed by atoms with Crippen molar-refractivity contribution >= 4 is 72.9 Å². The van der Waals surface area contributed by atoms with E-state index in [9.17, 15) is 0 Å². The van der Waals surface area contributed by atoms with E-state index in [4.69, 9.17) is 4.74 Å². The van der Waals surface area contributed by atoms with Gasteiger partial charge in [0, 0.05) is 0 Å². The molecule has 2 nitrogen and oxygen atoms in total. The fraction of sp³-hybridized carbons (Fsp3) is 0.125. The van der Waals surface area contributed by atoms with Crippen molar-refractivity contribution in [2.75, 3.05) is 7.11 Å². The molecule has 0 aliphatic carbocycles. The first kappa shape index (κ1) is 10.6. The summed E-state index contributed by atoms with van der Waals surface area (Å²) in [4.78, 5) is 4.23. The summed E-state index contributed by atoms with van der Waals surface area (Å²) in [6.07, 6.45) is 0. The molecule has 12 heavy (non-hydrogen) atoms. The Morgan fingerprint density at radius 3 is 2.75 bits per heavy atom. The second-order valence-corrected chi connectivity index (χ2v) is 3.14. The summed E-state index contributed by atoms with van der Waals surface area (Å²) in [5.74, 6) is 0. The summed E-state index contributed by atoms with van der Waals surface area (Å²) >= 11 is 1.56. The summed E-state index contributed by atoms with van der Waals surface area (Å²) in [6, 6.07) is 7.99. The molecule has 0 aliphatic rings. The molecule has 0 radical (unpaired) electrons.